The van der Waals surface area contributed by atoms with Gasteiger partial charge in [0.15, 0.2) is 12.2 Å². The van der Waals surface area contributed by atoms with Crippen LogP contribution >= 0.6 is 15.6 Å². The Labute approximate surface area is 608 Å². The smallest absolute Gasteiger partial charge is 0.462 e. The van der Waals surface area contributed by atoms with E-state index in [1.165, 1.54) is 122 Å². The third-order valence-corrected chi connectivity index (χ3v) is 18.8. The van der Waals surface area contributed by atoms with E-state index in [2.05, 4.69) is 113 Å². The van der Waals surface area contributed by atoms with Crippen LogP contribution in [-0.4, -0.2) is 96.7 Å². The van der Waals surface area contributed by atoms with E-state index in [1.54, 1.807) is 0 Å². The van der Waals surface area contributed by atoms with Crippen LogP contribution in [-0.2, 0) is 65.4 Å². The SMILES string of the molecule is CC/C=C\C/C=C\C/C=C\C/C=C\C/C=C\CCCCCC(=O)OCC(COP(=O)(O)OCC(O)COP(=O)(O)OCC(COC(=O)CCCCCCCCCCCCCCCCC)OC(=O)CCCCCCCCCCCCCCC)OC(=O)CCCCCCC/C=C\C/C=C\CCC. The summed E-state index contributed by atoms with van der Waals surface area (Å²) in [6, 6.07) is 0. The number of phosphoric acid groups is 2. The third-order valence-electron chi connectivity index (χ3n) is 16.9. The van der Waals surface area contributed by atoms with Crippen LogP contribution in [0.1, 0.15) is 349 Å². The van der Waals surface area contributed by atoms with Crippen LogP contribution < -0.4 is 0 Å². The van der Waals surface area contributed by atoms with E-state index < -0.39 is 97.5 Å². The van der Waals surface area contributed by atoms with Gasteiger partial charge >= 0.3 is 39.5 Å². The number of esters is 4. The summed E-state index contributed by atoms with van der Waals surface area (Å²) in [5, 5.41) is 10.6. The summed E-state index contributed by atoms with van der Waals surface area (Å²) in [5.41, 5.74) is 0. The van der Waals surface area contributed by atoms with E-state index in [0.29, 0.717) is 25.7 Å². The summed E-state index contributed by atoms with van der Waals surface area (Å²) in [7, 11) is -9.95. The molecule has 0 bridgehead atoms. The van der Waals surface area contributed by atoms with Gasteiger partial charge in [-0.2, -0.15) is 0 Å². The average Bonchev–Trinajstić information content (AvgIpc) is 0.935. The number of unbranched alkanes of at least 4 members (excludes halogenated alkanes) is 35. The number of aliphatic hydroxyl groups excluding tert-OH is 1. The largest absolute Gasteiger partial charge is 0.472 e. The zero-order chi connectivity index (χ0) is 73.2. The highest BCUT2D eigenvalue weighted by Crippen LogP contribution is 2.45. The van der Waals surface area contributed by atoms with Crippen LogP contribution in [0.5, 0.6) is 0 Å². The number of hydrogen-bond donors (Lipinski definition) is 3. The van der Waals surface area contributed by atoms with Gasteiger partial charge in [0.25, 0.3) is 0 Å². The van der Waals surface area contributed by atoms with Gasteiger partial charge in [0.05, 0.1) is 26.4 Å². The van der Waals surface area contributed by atoms with Gasteiger partial charge in [-0.05, 0) is 96.3 Å². The molecule has 3 N–H and O–H groups in total. The summed E-state index contributed by atoms with van der Waals surface area (Å²) < 4.78 is 68.5. The monoisotopic (exact) mass is 1450 g/mol. The third kappa shape index (κ3) is 72.6. The van der Waals surface area contributed by atoms with Crippen molar-refractivity contribution in [3.63, 3.8) is 0 Å². The predicted molar refractivity (Wildman–Crippen MR) is 409 cm³/mol. The molecule has 0 heterocycles. The maximum absolute atomic E-state index is 13.1. The van der Waals surface area contributed by atoms with E-state index in [1.807, 2.05) is 0 Å². The molecule has 0 rings (SSSR count). The molecule has 0 aliphatic rings. The molecule has 17 nitrogen and oxygen atoms in total. The maximum atomic E-state index is 13.1. The van der Waals surface area contributed by atoms with Crippen molar-refractivity contribution >= 4 is 39.5 Å². The quantitative estimate of drug-likeness (QED) is 0.0169. The standard InChI is InChI=1S/C81H144O17P2/c1-5-9-13-17-21-25-29-33-35-36-37-38-40-44-46-50-54-58-62-66-79(84)92-72-77(98-81(86)68-64-60-56-52-48-42-32-28-24-20-16-12-8-4)74-96-100(89,90)94-70-75(82)69-93-99(87,88)95-73-76(97-80(85)67-63-59-55-51-47-41-31-27-23-19-15-11-7-3)71-91-78(83)65-61-57-53-49-45-43-39-34-30-26-22-18-14-10-6-2/h9,13,16,20-21,25,28,32-33,35,37-38,44,46,75-77,82H,5-8,10-12,14-15,17-19,22-24,26-27,29-31,34,36,39-43,45,47-74H2,1-4H3,(H,87,88)(H,89,90)/b13-9-,20-16-,25-21-,32-28-,35-33-,38-37-,46-44-. The Morgan fingerprint density at radius 2 is 0.540 bits per heavy atom. The van der Waals surface area contributed by atoms with Crippen molar-refractivity contribution in [3.8, 4) is 0 Å². The Balaban J connectivity index is 5.34. The Morgan fingerprint density at radius 3 is 0.850 bits per heavy atom. The summed E-state index contributed by atoms with van der Waals surface area (Å²) in [6.07, 6.45) is 75.6. The van der Waals surface area contributed by atoms with Crippen molar-refractivity contribution in [1.82, 2.24) is 0 Å². The number of aliphatic hydroxyl groups is 1. The molecule has 100 heavy (non-hydrogen) atoms. The second-order valence-electron chi connectivity index (χ2n) is 26.6. The van der Waals surface area contributed by atoms with Gasteiger partial charge in [-0.3, -0.25) is 37.3 Å². The summed E-state index contributed by atoms with van der Waals surface area (Å²) in [5.74, 6) is -2.20. The molecular weight excluding hydrogens is 1310 g/mol. The van der Waals surface area contributed by atoms with Gasteiger partial charge < -0.3 is 33.8 Å². The number of hydrogen-bond acceptors (Lipinski definition) is 15. The Bertz CT molecular complexity index is 2230. The van der Waals surface area contributed by atoms with Gasteiger partial charge in [0, 0.05) is 25.7 Å². The number of carbonyl (C=O) groups excluding carboxylic acids is 4. The fourth-order valence-corrected chi connectivity index (χ4v) is 12.4. The molecule has 19 heteroatoms. The van der Waals surface area contributed by atoms with Crippen LogP contribution in [0.15, 0.2) is 85.1 Å². The van der Waals surface area contributed by atoms with Gasteiger partial charge in [-0.25, -0.2) is 9.13 Å². The Hall–Kier alpha value is -3.76. The van der Waals surface area contributed by atoms with Crippen LogP contribution in [0.25, 0.3) is 0 Å². The molecular formula is C81H144O17P2. The highest BCUT2D eigenvalue weighted by atomic mass is 31.2. The second-order valence-corrected chi connectivity index (χ2v) is 29.5. The van der Waals surface area contributed by atoms with Crippen LogP contribution in [0.2, 0.25) is 0 Å². The van der Waals surface area contributed by atoms with Crippen LogP contribution in [0.4, 0.5) is 0 Å². The maximum Gasteiger partial charge on any atom is 0.472 e. The van der Waals surface area contributed by atoms with Crippen LogP contribution in [0.3, 0.4) is 0 Å². The van der Waals surface area contributed by atoms with E-state index >= 15 is 0 Å². The minimum absolute atomic E-state index is 0.0721. The first-order valence-electron chi connectivity index (χ1n) is 39.8. The minimum atomic E-state index is -4.98. The molecule has 0 saturated heterocycles. The summed E-state index contributed by atoms with van der Waals surface area (Å²) in [4.78, 5) is 72.9. The molecule has 0 aromatic carbocycles. The molecule has 0 aromatic rings. The lowest BCUT2D eigenvalue weighted by Gasteiger charge is -2.21. The normalized spacial score (nSPS) is 14.3. The van der Waals surface area contributed by atoms with E-state index in [0.717, 1.165) is 148 Å². The number of phosphoric ester groups is 2. The highest BCUT2D eigenvalue weighted by molar-refractivity contribution is 7.47. The van der Waals surface area contributed by atoms with Crippen molar-refractivity contribution in [1.29, 1.82) is 0 Å². The highest BCUT2D eigenvalue weighted by Gasteiger charge is 2.30. The van der Waals surface area contributed by atoms with Crippen LogP contribution in [0, 0.1) is 0 Å². The van der Waals surface area contributed by atoms with Crippen molar-refractivity contribution in [3.05, 3.63) is 85.1 Å². The van der Waals surface area contributed by atoms with Crippen molar-refractivity contribution in [2.45, 2.75) is 367 Å². The molecule has 0 saturated carbocycles. The number of carbonyl (C=O) groups is 4. The zero-order valence-electron chi connectivity index (χ0n) is 63.4. The summed E-state index contributed by atoms with van der Waals surface area (Å²) >= 11 is 0. The molecule has 0 radical (unpaired) electrons. The number of ether oxygens (including phenoxy) is 4. The Morgan fingerprint density at radius 1 is 0.290 bits per heavy atom. The predicted octanol–water partition coefficient (Wildman–Crippen LogP) is 23.0. The molecule has 0 spiro atoms. The fraction of sp³-hybridized carbons (Fsp3) is 0.778. The van der Waals surface area contributed by atoms with Gasteiger partial charge in [-0.15, -0.1) is 0 Å². The van der Waals surface area contributed by atoms with E-state index in [-0.39, 0.29) is 25.7 Å². The minimum Gasteiger partial charge on any atom is -0.462 e. The molecule has 580 valence electrons. The molecule has 5 unspecified atom stereocenters. The topological polar surface area (TPSA) is 237 Å². The lowest BCUT2D eigenvalue weighted by molar-refractivity contribution is -0.161. The first-order valence-corrected chi connectivity index (χ1v) is 42.8. The van der Waals surface area contributed by atoms with Gasteiger partial charge in [0.1, 0.15) is 19.3 Å². The lowest BCUT2D eigenvalue weighted by atomic mass is 10.0. The number of allylic oxidation sites excluding steroid dienone is 14. The molecule has 0 aliphatic carbocycles. The molecule has 0 fully saturated rings. The second kappa shape index (κ2) is 73.5. The van der Waals surface area contributed by atoms with Crippen molar-refractivity contribution in [2.75, 3.05) is 39.6 Å². The molecule has 0 aliphatic heterocycles. The van der Waals surface area contributed by atoms with E-state index in [9.17, 15) is 43.2 Å². The zero-order valence-corrected chi connectivity index (χ0v) is 65.2. The first-order chi connectivity index (χ1) is 48.7. The summed E-state index contributed by atoms with van der Waals surface area (Å²) in [6.45, 7) is 4.70. The number of rotatable bonds is 75. The van der Waals surface area contributed by atoms with Crippen molar-refractivity contribution in [2.24, 2.45) is 0 Å². The van der Waals surface area contributed by atoms with Gasteiger partial charge in [-0.1, -0.05) is 312 Å². The average molecular weight is 1450 g/mol. The molecule has 0 amide bonds. The first kappa shape index (κ1) is 96.2. The molecule has 0 aromatic heterocycles. The fourth-order valence-electron chi connectivity index (χ4n) is 10.8. The van der Waals surface area contributed by atoms with Gasteiger partial charge in [0.2, 0.25) is 0 Å². The van der Waals surface area contributed by atoms with E-state index in [4.69, 9.17) is 37.0 Å². The lowest BCUT2D eigenvalue weighted by Crippen LogP contribution is -2.30. The van der Waals surface area contributed by atoms with Crippen molar-refractivity contribution < 1.29 is 80.2 Å². The Kier molecular flexibility index (Phi) is 70.8. The molecule has 5 atom stereocenters.